The maximum Gasteiger partial charge on any atom is 0.224 e. The van der Waals surface area contributed by atoms with Crippen LogP contribution in [0.5, 0.6) is 0 Å². The van der Waals surface area contributed by atoms with Crippen LogP contribution in [0.3, 0.4) is 0 Å². The number of benzene rings is 1. The SMILES string of the molecule is Nc1ccc(CC(=O)NCc2nnc3ccccn23)cc1. The van der Waals surface area contributed by atoms with Gasteiger partial charge in [-0.2, -0.15) is 0 Å². The largest absolute Gasteiger partial charge is 0.399 e. The Morgan fingerprint density at radius 3 is 2.76 bits per heavy atom. The molecule has 0 fully saturated rings. The molecule has 106 valence electrons. The minimum atomic E-state index is -0.0625. The molecule has 3 N–H and O–H groups in total. The molecule has 6 heteroatoms. The lowest BCUT2D eigenvalue weighted by molar-refractivity contribution is -0.120. The number of nitrogen functional groups attached to an aromatic ring is 1. The van der Waals surface area contributed by atoms with Crippen LogP contribution in [0.25, 0.3) is 5.65 Å². The number of nitrogens with zero attached hydrogens (tertiary/aromatic N) is 3. The summed E-state index contributed by atoms with van der Waals surface area (Å²) in [5, 5.41) is 11.0. The van der Waals surface area contributed by atoms with Crippen molar-refractivity contribution < 1.29 is 4.79 Å². The zero-order valence-electron chi connectivity index (χ0n) is 11.4. The molecule has 0 unspecified atom stereocenters. The number of hydrogen-bond acceptors (Lipinski definition) is 4. The van der Waals surface area contributed by atoms with E-state index < -0.39 is 0 Å². The van der Waals surface area contributed by atoms with Crippen molar-refractivity contribution in [1.82, 2.24) is 19.9 Å². The maximum atomic E-state index is 11.9. The topological polar surface area (TPSA) is 85.3 Å². The first-order chi connectivity index (χ1) is 10.2. The Hall–Kier alpha value is -2.89. The molecule has 2 aromatic heterocycles. The summed E-state index contributed by atoms with van der Waals surface area (Å²) in [4.78, 5) is 11.9. The van der Waals surface area contributed by atoms with Gasteiger partial charge >= 0.3 is 0 Å². The molecule has 1 aromatic carbocycles. The first kappa shape index (κ1) is 13.1. The van der Waals surface area contributed by atoms with E-state index in [0.717, 1.165) is 11.2 Å². The second-order valence-electron chi connectivity index (χ2n) is 4.74. The number of carbonyl (C=O) groups excluding carboxylic acids is 1. The van der Waals surface area contributed by atoms with Gasteiger partial charge in [-0.3, -0.25) is 9.20 Å². The van der Waals surface area contributed by atoms with Crippen molar-refractivity contribution in [2.24, 2.45) is 0 Å². The Morgan fingerprint density at radius 2 is 1.95 bits per heavy atom. The van der Waals surface area contributed by atoms with Gasteiger partial charge in [-0.1, -0.05) is 18.2 Å². The second kappa shape index (κ2) is 5.62. The number of anilines is 1. The Morgan fingerprint density at radius 1 is 1.14 bits per heavy atom. The molecule has 2 heterocycles. The van der Waals surface area contributed by atoms with Crippen molar-refractivity contribution in [2.75, 3.05) is 5.73 Å². The summed E-state index contributed by atoms with van der Waals surface area (Å²) in [7, 11) is 0. The van der Waals surface area contributed by atoms with Gasteiger partial charge in [0.05, 0.1) is 13.0 Å². The fraction of sp³-hybridized carbons (Fsp3) is 0.133. The van der Waals surface area contributed by atoms with Gasteiger partial charge in [-0.15, -0.1) is 10.2 Å². The average molecular weight is 281 g/mol. The van der Waals surface area contributed by atoms with Crippen LogP contribution in [-0.2, 0) is 17.8 Å². The molecule has 0 saturated carbocycles. The van der Waals surface area contributed by atoms with Crippen LogP contribution in [0.2, 0.25) is 0 Å². The molecule has 21 heavy (non-hydrogen) atoms. The van der Waals surface area contributed by atoms with Crippen molar-refractivity contribution >= 4 is 17.2 Å². The van der Waals surface area contributed by atoms with E-state index >= 15 is 0 Å². The molecule has 1 amide bonds. The summed E-state index contributed by atoms with van der Waals surface area (Å²) < 4.78 is 1.85. The van der Waals surface area contributed by atoms with Gasteiger partial charge in [0.2, 0.25) is 5.91 Å². The van der Waals surface area contributed by atoms with Crippen LogP contribution < -0.4 is 11.1 Å². The number of nitrogens with two attached hydrogens (primary N) is 1. The molecule has 0 bridgehead atoms. The van der Waals surface area contributed by atoms with Gasteiger partial charge < -0.3 is 11.1 Å². The molecule has 0 saturated heterocycles. The normalized spacial score (nSPS) is 10.7. The molecule has 0 aliphatic rings. The molecular formula is C15H15N5O. The van der Waals surface area contributed by atoms with E-state index in [2.05, 4.69) is 15.5 Å². The first-order valence-electron chi connectivity index (χ1n) is 6.62. The van der Waals surface area contributed by atoms with Gasteiger partial charge in [-0.25, -0.2) is 0 Å². The summed E-state index contributed by atoms with van der Waals surface area (Å²) in [5.74, 6) is 0.642. The van der Waals surface area contributed by atoms with Crippen molar-refractivity contribution in [2.45, 2.75) is 13.0 Å². The molecular weight excluding hydrogens is 266 g/mol. The molecule has 3 aromatic rings. The number of rotatable bonds is 4. The van der Waals surface area contributed by atoms with Crippen molar-refractivity contribution in [3.8, 4) is 0 Å². The summed E-state index contributed by atoms with van der Waals surface area (Å²) in [6.07, 6.45) is 2.19. The Balaban J connectivity index is 1.62. The molecule has 6 nitrogen and oxygen atoms in total. The number of carbonyl (C=O) groups is 1. The summed E-state index contributed by atoms with van der Waals surface area (Å²) in [5.41, 5.74) is 7.99. The summed E-state index contributed by atoms with van der Waals surface area (Å²) >= 11 is 0. The van der Waals surface area contributed by atoms with E-state index in [4.69, 9.17) is 5.73 Å². The first-order valence-corrected chi connectivity index (χ1v) is 6.62. The van der Waals surface area contributed by atoms with Gasteiger partial charge in [0.25, 0.3) is 0 Å². The highest BCUT2D eigenvalue weighted by Crippen LogP contribution is 2.06. The zero-order valence-corrected chi connectivity index (χ0v) is 11.4. The molecule has 0 aliphatic heterocycles. The lowest BCUT2D eigenvalue weighted by atomic mass is 10.1. The smallest absolute Gasteiger partial charge is 0.224 e. The van der Waals surface area contributed by atoms with Crippen molar-refractivity contribution in [1.29, 1.82) is 0 Å². The van der Waals surface area contributed by atoms with E-state index in [-0.39, 0.29) is 5.91 Å². The van der Waals surface area contributed by atoms with Crippen LogP contribution in [0.4, 0.5) is 5.69 Å². The van der Waals surface area contributed by atoms with Gasteiger partial charge in [0.15, 0.2) is 11.5 Å². The quantitative estimate of drug-likeness (QED) is 0.703. The minimum Gasteiger partial charge on any atom is -0.399 e. The van der Waals surface area contributed by atoms with Crippen LogP contribution >= 0.6 is 0 Å². The monoisotopic (exact) mass is 281 g/mol. The standard InChI is InChI=1S/C15H15N5O/c16-12-6-4-11(5-7-12)9-15(21)17-10-14-19-18-13-3-1-2-8-20(13)14/h1-8H,9-10,16H2,(H,17,21). The Bertz CT molecular complexity index is 763. The van der Waals surface area contributed by atoms with E-state index in [1.54, 1.807) is 12.1 Å². The summed E-state index contributed by atoms with van der Waals surface area (Å²) in [6.45, 7) is 0.346. The molecule has 0 spiro atoms. The second-order valence-corrected chi connectivity index (χ2v) is 4.74. The zero-order chi connectivity index (χ0) is 14.7. The molecule has 0 radical (unpaired) electrons. The highest BCUT2D eigenvalue weighted by atomic mass is 16.1. The van der Waals surface area contributed by atoms with E-state index in [1.807, 2.05) is 40.9 Å². The molecule has 3 rings (SSSR count). The van der Waals surface area contributed by atoms with Crippen LogP contribution in [0, 0.1) is 0 Å². The fourth-order valence-corrected chi connectivity index (χ4v) is 2.07. The summed E-state index contributed by atoms with van der Waals surface area (Å²) in [6, 6.07) is 12.9. The average Bonchev–Trinajstić information content (AvgIpc) is 2.91. The fourth-order valence-electron chi connectivity index (χ4n) is 2.07. The van der Waals surface area contributed by atoms with E-state index in [1.165, 1.54) is 0 Å². The Labute approximate surface area is 121 Å². The third-order valence-corrected chi connectivity index (χ3v) is 3.17. The van der Waals surface area contributed by atoms with Crippen molar-refractivity contribution in [3.63, 3.8) is 0 Å². The van der Waals surface area contributed by atoms with Crippen LogP contribution in [0.15, 0.2) is 48.7 Å². The number of nitrogens with one attached hydrogen (secondary N) is 1. The lowest BCUT2D eigenvalue weighted by Crippen LogP contribution is -2.25. The maximum absolute atomic E-state index is 11.9. The Kier molecular flexibility index (Phi) is 3.51. The van der Waals surface area contributed by atoms with Crippen LogP contribution in [0.1, 0.15) is 11.4 Å². The number of amides is 1. The third kappa shape index (κ3) is 3.00. The number of pyridine rings is 1. The number of hydrogen-bond donors (Lipinski definition) is 2. The number of fused-ring (bicyclic) bond motifs is 1. The van der Waals surface area contributed by atoms with Crippen LogP contribution in [-0.4, -0.2) is 20.5 Å². The van der Waals surface area contributed by atoms with Gasteiger partial charge in [0.1, 0.15) is 0 Å². The highest BCUT2D eigenvalue weighted by molar-refractivity contribution is 5.78. The predicted octanol–water partition coefficient (Wildman–Crippen LogP) is 1.17. The van der Waals surface area contributed by atoms with Gasteiger partial charge in [0, 0.05) is 11.9 Å². The lowest BCUT2D eigenvalue weighted by Gasteiger charge is -2.04. The third-order valence-electron chi connectivity index (χ3n) is 3.17. The molecule has 0 atom stereocenters. The van der Waals surface area contributed by atoms with Crippen molar-refractivity contribution in [3.05, 3.63) is 60.0 Å². The van der Waals surface area contributed by atoms with Gasteiger partial charge in [-0.05, 0) is 29.8 Å². The van der Waals surface area contributed by atoms with E-state index in [0.29, 0.717) is 24.5 Å². The minimum absolute atomic E-state index is 0.0625. The number of aromatic nitrogens is 3. The highest BCUT2D eigenvalue weighted by Gasteiger charge is 2.07. The predicted molar refractivity (Wildman–Crippen MR) is 79.4 cm³/mol. The molecule has 0 aliphatic carbocycles. The van der Waals surface area contributed by atoms with E-state index in [9.17, 15) is 4.79 Å².